The topological polar surface area (TPSA) is 59.4 Å². The molecule has 0 aliphatic heterocycles. The van der Waals surface area contributed by atoms with Gasteiger partial charge in [-0.2, -0.15) is 0 Å². The minimum atomic E-state index is -0.977. The predicted octanol–water partition coefficient (Wildman–Crippen LogP) is 4.25. The van der Waals surface area contributed by atoms with Crippen molar-refractivity contribution in [2.45, 2.75) is 33.1 Å². The first-order valence-corrected chi connectivity index (χ1v) is 7.93. The second-order valence-electron chi connectivity index (χ2n) is 4.71. The van der Waals surface area contributed by atoms with Gasteiger partial charge < -0.3 is 9.84 Å². The van der Waals surface area contributed by atoms with Crippen LogP contribution in [-0.4, -0.2) is 22.7 Å². The molecule has 0 spiro atoms. The third-order valence-electron chi connectivity index (χ3n) is 2.93. The van der Waals surface area contributed by atoms with Crippen molar-refractivity contribution in [1.29, 1.82) is 0 Å². The van der Waals surface area contributed by atoms with Crippen molar-refractivity contribution in [1.82, 2.24) is 4.98 Å². The third-order valence-corrected chi connectivity index (χ3v) is 4.09. The summed E-state index contributed by atoms with van der Waals surface area (Å²) < 4.78 is 5.54. The molecule has 0 unspecified atom stereocenters. The predicted molar refractivity (Wildman–Crippen MR) is 84.3 cm³/mol. The zero-order valence-electron chi connectivity index (χ0n) is 12.3. The molecule has 21 heavy (non-hydrogen) atoms. The van der Waals surface area contributed by atoms with E-state index in [9.17, 15) is 9.90 Å². The van der Waals surface area contributed by atoms with E-state index in [1.54, 1.807) is 0 Å². The maximum Gasteiger partial charge on any atom is 0.356 e. The summed E-state index contributed by atoms with van der Waals surface area (Å²) >= 11 is 1.46. The lowest BCUT2D eigenvalue weighted by atomic mass is 10.1. The maximum absolute atomic E-state index is 11.3. The Bertz CT molecular complexity index is 604. The van der Waals surface area contributed by atoms with Gasteiger partial charge in [0.2, 0.25) is 0 Å². The number of hydrogen-bond acceptors (Lipinski definition) is 4. The minimum absolute atomic E-state index is 0.144. The summed E-state index contributed by atoms with van der Waals surface area (Å²) in [5.74, 6) is -0.175. The normalized spacial score (nSPS) is 10.6. The Morgan fingerprint density at radius 1 is 1.24 bits per heavy atom. The number of hydrogen-bond donors (Lipinski definition) is 1. The Hall–Kier alpha value is -1.88. The molecule has 1 aromatic carbocycles. The molecule has 1 aromatic heterocycles. The third kappa shape index (κ3) is 3.82. The van der Waals surface area contributed by atoms with Gasteiger partial charge in [0.25, 0.3) is 0 Å². The van der Waals surface area contributed by atoms with Crippen LogP contribution >= 0.6 is 11.3 Å². The van der Waals surface area contributed by atoms with Crippen LogP contribution in [0.2, 0.25) is 0 Å². The molecule has 1 heterocycles. The molecule has 5 heteroatoms. The highest BCUT2D eigenvalue weighted by Gasteiger charge is 2.18. The van der Waals surface area contributed by atoms with Crippen LogP contribution in [0, 0.1) is 0 Å². The van der Waals surface area contributed by atoms with E-state index in [2.05, 4.69) is 18.8 Å². The molecule has 0 aliphatic carbocycles. The van der Waals surface area contributed by atoms with Gasteiger partial charge in [-0.15, -0.1) is 11.3 Å². The fourth-order valence-electron chi connectivity index (χ4n) is 1.95. The molecule has 0 saturated heterocycles. The summed E-state index contributed by atoms with van der Waals surface area (Å²) in [7, 11) is 0. The number of carbonyl (C=O) groups is 1. The summed E-state index contributed by atoms with van der Waals surface area (Å²) in [6.45, 7) is 4.79. The molecule has 0 radical (unpaired) electrons. The zero-order chi connectivity index (χ0) is 15.2. The Kier molecular flexibility index (Phi) is 5.33. The largest absolute Gasteiger partial charge is 0.494 e. The molecule has 1 N–H and O–H groups in total. The van der Waals surface area contributed by atoms with Crippen LogP contribution in [0.15, 0.2) is 24.3 Å². The Labute approximate surface area is 128 Å². The van der Waals surface area contributed by atoms with Crippen LogP contribution in [0.25, 0.3) is 10.4 Å². The van der Waals surface area contributed by atoms with E-state index < -0.39 is 5.97 Å². The molecule has 0 fully saturated rings. The first-order chi connectivity index (χ1) is 10.2. The van der Waals surface area contributed by atoms with E-state index >= 15 is 0 Å². The number of carboxylic acids is 1. The average Bonchev–Trinajstić information content (AvgIpc) is 2.90. The van der Waals surface area contributed by atoms with Crippen molar-refractivity contribution in [3.8, 4) is 16.2 Å². The second kappa shape index (κ2) is 7.22. The molecule has 0 saturated carbocycles. The monoisotopic (exact) mass is 305 g/mol. The molecular formula is C16H19NO3S. The molecule has 112 valence electrons. The number of rotatable bonds is 7. The minimum Gasteiger partial charge on any atom is -0.494 e. The van der Waals surface area contributed by atoms with Gasteiger partial charge in [-0.1, -0.05) is 13.8 Å². The van der Waals surface area contributed by atoms with E-state index in [0.29, 0.717) is 11.5 Å². The first kappa shape index (κ1) is 15.5. The van der Waals surface area contributed by atoms with Gasteiger partial charge >= 0.3 is 5.97 Å². The van der Waals surface area contributed by atoms with E-state index in [4.69, 9.17) is 4.74 Å². The van der Waals surface area contributed by atoms with Crippen LogP contribution < -0.4 is 4.74 Å². The number of ether oxygens (including phenoxy) is 1. The number of aryl methyl sites for hydroxylation is 1. The number of carboxylic acid groups (broad SMARTS) is 1. The molecule has 0 aliphatic rings. The summed E-state index contributed by atoms with van der Waals surface area (Å²) in [5, 5.41) is 10.2. The van der Waals surface area contributed by atoms with E-state index in [1.165, 1.54) is 11.3 Å². The van der Waals surface area contributed by atoms with Crippen LogP contribution in [0.3, 0.4) is 0 Å². The average molecular weight is 305 g/mol. The molecule has 0 amide bonds. The van der Waals surface area contributed by atoms with E-state index in [0.717, 1.165) is 35.6 Å². The van der Waals surface area contributed by atoms with Crippen LogP contribution in [-0.2, 0) is 6.42 Å². The van der Waals surface area contributed by atoms with Gasteiger partial charge in [-0.25, -0.2) is 9.78 Å². The van der Waals surface area contributed by atoms with E-state index in [-0.39, 0.29) is 5.69 Å². The first-order valence-electron chi connectivity index (χ1n) is 7.12. The number of benzene rings is 1. The lowest BCUT2D eigenvalue weighted by Gasteiger charge is -2.05. The Morgan fingerprint density at radius 3 is 2.52 bits per heavy atom. The number of aromatic nitrogens is 1. The molecule has 2 rings (SSSR count). The second-order valence-corrected chi connectivity index (χ2v) is 5.80. The quantitative estimate of drug-likeness (QED) is 0.830. The SMILES string of the molecule is CCCOc1ccc(-c2sc(CCC)nc2C(=O)O)cc1. The Morgan fingerprint density at radius 2 is 1.95 bits per heavy atom. The number of nitrogens with zero attached hydrogens (tertiary/aromatic N) is 1. The lowest BCUT2D eigenvalue weighted by molar-refractivity contribution is 0.0692. The number of thiazole rings is 1. The van der Waals surface area contributed by atoms with Gasteiger partial charge in [-0.05, 0) is 49.1 Å². The van der Waals surface area contributed by atoms with E-state index in [1.807, 2.05) is 24.3 Å². The van der Waals surface area contributed by atoms with Crippen molar-refractivity contribution in [2.24, 2.45) is 0 Å². The van der Waals surface area contributed by atoms with Gasteiger partial charge in [0.1, 0.15) is 5.75 Å². The van der Waals surface area contributed by atoms with Gasteiger partial charge in [-0.3, -0.25) is 0 Å². The summed E-state index contributed by atoms with van der Waals surface area (Å²) in [6.07, 6.45) is 2.72. The fraction of sp³-hybridized carbons (Fsp3) is 0.375. The Balaban J connectivity index is 2.29. The van der Waals surface area contributed by atoms with Crippen molar-refractivity contribution >= 4 is 17.3 Å². The molecule has 0 bridgehead atoms. The van der Waals surface area contributed by atoms with Crippen molar-refractivity contribution in [2.75, 3.05) is 6.61 Å². The van der Waals surface area contributed by atoms with Crippen LogP contribution in [0.4, 0.5) is 0 Å². The van der Waals surface area contributed by atoms with Crippen molar-refractivity contribution < 1.29 is 14.6 Å². The van der Waals surface area contributed by atoms with Crippen LogP contribution in [0.5, 0.6) is 5.75 Å². The van der Waals surface area contributed by atoms with Gasteiger partial charge in [0.15, 0.2) is 5.69 Å². The lowest BCUT2D eigenvalue weighted by Crippen LogP contribution is -1.99. The van der Waals surface area contributed by atoms with Gasteiger partial charge in [0, 0.05) is 0 Å². The summed E-state index contributed by atoms with van der Waals surface area (Å²) in [4.78, 5) is 16.3. The highest BCUT2D eigenvalue weighted by atomic mass is 32.1. The van der Waals surface area contributed by atoms with Crippen molar-refractivity contribution in [3.63, 3.8) is 0 Å². The highest BCUT2D eigenvalue weighted by Crippen LogP contribution is 2.32. The summed E-state index contributed by atoms with van der Waals surface area (Å²) in [6, 6.07) is 7.52. The standard InChI is InChI=1S/C16H19NO3S/c1-3-5-13-17-14(16(18)19)15(21-13)11-6-8-12(9-7-11)20-10-4-2/h6-9H,3-5,10H2,1-2H3,(H,18,19). The molecule has 2 aromatic rings. The molecule has 4 nitrogen and oxygen atoms in total. The number of aromatic carboxylic acids is 1. The fourth-order valence-corrected chi connectivity index (χ4v) is 3.11. The zero-order valence-corrected chi connectivity index (χ0v) is 13.1. The smallest absolute Gasteiger partial charge is 0.356 e. The van der Waals surface area contributed by atoms with Crippen molar-refractivity contribution in [3.05, 3.63) is 35.0 Å². The molecule has 0 atom stereocenters. The highest BCUT2D eigenvalue weighted by molar-refractivity contribution is 7.15. The maximum atomic E-state index is 11.3. The molecular weight excluding hydrogens is 286 g/mol. The van der Waals surface area contributed by atoms with Crippen LogP contribution in [0.1, 0.15) is 42.2 Å². The van der Waals surface area contributed by atoms with Gasteiger partial charge in [0.05, 0.1) is 16.5 Å². The summed E-state index contributed by atoms with van der Waals surface area (Å²) in [5.41, 5.74) is 1.02.